The van der Waals surface area contributed by atoms with E-state index in [9.17, 15) is 4.79 Å². The molecule has 5 aromatic rings. The largest absolute Gasteiger partial charge is 0.463 e. The van der Waals surface area contributed by atoms with Gasteiger partial charge in [-0.3, -0.25) is 10.1 Å². The van der Waals surface area contributed by atoms with Crippen molar-refractivity contribution in [2.75, 3.05) is 5.32 Å². The number of hydrogen-bond acceptors (Lipinski definition) is 7. The number of nitrogens with one attached hydrogen (secondary N) is 1. The number of carbonyl (C=O) groups excluding carboxylic acids is 1. The number of anilines is 1. The molecule has 1 aromatic carbocycles. The number of fused-ring (bicyclic) bond motifs is 1. The molecule has 0 aliphatic heterocycles. The quantitative estimate of drug-likeness (QED) is 0.446. The minimum absolute atomic E-state index is 0.283. The van der Waals surface area contributed by atoms with E-state index in [4.69, 9.17) is 8.94 Å². The fraction of sp³-hybridized carbons (Fsp3) is 0.0476. The molecule has 0 spiro atoms. The highest BCUT2D eigenvalue weighted by molar-refractivity contribution is 7.14. The van der Waals surface area contributed by atoms with E-state index >= 15 is 0 Å². The summed E-state index contributed by atoms with van der Waals surface area (Å²) in [5.41, 5.74) is 3.57. The van der Waals surface area contributed by atoms with Crippen LogP contribution in [0.25, 0.3) is 33.8 Å². The topological polar surface area (TPSA) is 94.0 Å². The van der Waals surface area contributed by atoms with Crippen LogP contribution in [0.5, 0.6) is 0 Å². The van der Waals surface area contributed by atoms with Gasteiger partial charge in [-0.05, 0) is 25.1 Å². The van der Waals surface area contributed by atoms with E-state index in [2.05, 4.69) is 20.4 Å². The zero-order valence-electron chi connectivity index (χ0n) is 15.2. The first-order chi connectivity index (χ1) is 14.2. The number of aromatic nitrogens is 3. The molecule has 4 heterocycles. The molecule has 0 atom stereocenters. The van der Waals surface area contributed by atoms with E-state index in [1.807, 2.05) is 35.7 Å². The predicted molar refractivity (Wildman–Crippen MR) is 110 cm³/mol. The molecule has 0 bridgehead atoms. The van der Waals surface area contributed by atoms with Crippen molar-refractivity contribution in [2.45, 2.75) is 6.92 Å². The van der Waals surface area contributed by atoms with Crippen LogP contribution in [0.4, 0.5) is 5.13 Å². The van der Waals surface area contributed by atoms with Crippen molar-refractivity contribution in [2.24, 2.45) is 0 Å². The van der Waals surface area contributed by atoms with Gasteiger partial charge in [0.05, 0.1) is 28.6 Å². The first-order valence-corrected chi connectivity index (χ1v) is 9.70. The Morgan fingerprint density at radius 2 is 1.93 bits per heavy atom. The van der Waals surface area contributed by atoms with Gasteiger partial charge in [0, 0.05) is 10.9 Å². The Morgan fingerprint density at radius 3 is 2.72 bits per heavy atom. The van der Waals surface area contributed by atoms with E-state index in [-0.39, 0.29) is 11.6 Å². The van der Waals surface area contributed by atoms with Crippen LogP contribution in [0.15, 0.2) is 69.1 Å². The molecular formula is C21H14N4O3S. The molecule has 4 aromatic heterocycles. The van der Waals surface area contributed by atoms with Gasteiger partial charge in [-0.1, -0.05) is 35.5 Å². The second-order valence-electron chi connectivity index (χ2n) is 6.34. The van der Waals surface area contributed by atoms with Gasteiger partial charge in [-0.15, -0.1) is 11.3 Å². The Morgan fingerprint density at radius 1 is 1.07 bits per heavy atom. The second kappa shape index (κ2) is 6.99. The fourth-order valence-electron chi connectivity index (χ4n) is 3.06. The SMILES string of the molecule is Cc1noc2nc(-c3ccco3)cc(C(=O)Nc3nc(-c4ccccc4)cs3)c12. The fourth-order valence-corrected chi connectivity index (χ4v) is 3.78. The second-order valence-corrected chi connectivity index (χ2v) is 7.20. The molecule has 0 saturated carbocycles. The van der Waals surface area contributed by atoms with E-state index in [1.165, 1.54) is 11.3 Å². The van der Waals surface area contributed by atoms with E-state index in [0.29, 0.717) is 33.2 Å². The van der Waals surface area contributed by atoms with Gasteiger partial charge in [-0.2, -0.15) is 0 Å². The summed E-state index contributed by atoms with van der Waals surface area (Å²) < 4.78 is 10.7. The average Bonchev–Trinajstić information content (AvgIpc) is 3.50. The molecule has 7 nitrogen and oxygen atoms in total. The van der Waals surface area contributed by atoms with Crippen LogP contribution in [-0.2, 0) is 0 Å². The Labute approximate surface area is 169 Å². The number of furan rings is 1. The van der Waals surface area contributed by atoms with Gasteiger partial charge in [0.15, 0.2) is 10.9 Å². The van der Waals surface area contributed by atoms with Gasteiger partial charge in [0.25, 0.3) is 11.6 Å². The molecule has 0 saturated heterocycles. The summed E-state index contributed by atoms with van der Waals surface area (Å²) in [7, 11) is 0. The van der Waals surface area contributed by atoms with Crippen molar-refractivity contribution >= 4 is 33.5 Å². The van der Waals surface area contributed by atoms with Gasteiger partial charge >= 0.3 is 0 Å². The molecule has 0 aliphatic carbocycles. The molecule has 1 N–H and O–H groups in total. The predicted octanol–water partition coefficient (Wildman–Crippen LogP) is 5.17. The van der Waals surface area contributed by atoms with Crippen molar-refractivity contribution in [1.29, 1.82) is 0 Å². The first-order valence-electron chi connectivity index (χ1n) is 8.82. The molecule has 0 unspecified atom stereocenters. The van der Waals surface area contributed by atoms with Crippen molar-refractivity contribution in [3.05, 3.63) is 71.4 Å². The van der Waals surface area contributed by atoms with Crippen LogP contribution in [0, 0.1) is 6.92 Å². The summed E-state index contributed by atoms with van der Waals surface area (Å²) in [6.07, 6.45) is 1.55. The van der Waals surface area contributed by atoms with Crippen LogP contribution in [0.2, 0.25) is 0 Å². The molecular weight excluding hydrogens is 388 g/mol. The summed E-state index contributed by atoms with van der Waals surface area (Å²) in [6, 6.07) is 15.0. The number of hydrogen-bond donors (Lipinski definition) is 1. The molecule has 8 heteroatoms. The molecule has 142 valence electrons. The number of carbonyl (C=O) groups is 1. The zero-order chi connectivity index (χ0) is 19.8. The monoisotopic (exact) mass is 402 g/mol. The van der Waals surface area contributed by atoms with Crippen LogP contribution >= 0.6 is 11.3 Å². The molecule has 1 amide bonds. The van der Waals surface area contributed by atoms with Crippen molar-refractivity contribution in [1.82, 2.24) is 15.1 Å². The standard InChI is InChI=1S/C21H14N4O3S/c1-12-18-14(10-15(17-8-5-9-27-17)22-20(18)28-25-12)19(26)24-21-23-16(11-29-21)13-6-3-2-4-7-13/h2-11H,1H3,(H,23,24,26). The molecule has 0 fully saturated rings. The third-order valence-corrected chi connectivity index (χ3v) is 5.19. The van der Waals surface area contributed by atoms with E-state index in [0.717, 1.165) is 11.3 Å². The van der Waals surface area contributed by atoms with Crippen LogP contribution in [0.1, 0.15) is 16.1 Å². The number of rotatable bonds is 4. The number of nitrogens with zero attached hydrogens (tertiary/aromatic N) is 3. The van der Waals surface area contributed by atoms with Gasteiger partial charge in [0.2, 0.25) is 0 Å². The number of pyridine rings is 1. The lowest BCUT2D eigenvalue weighted by atomic mass is 10.1. The number of aryl methyl sites for hydroxylation is 1. The van der Waals surface area contributed by atoms with Crippen LogP contribution in [-0.4, -0.2) is 21.0 Å². The summed E-state index contributed by atoms with van der Waals surface area (Å²) in [6.45, 7) is 1.77. The third-order valence-electron chi connectivity index (χ3n) is 4.43. The van der Waals surface area contributed by atoms with Crippen molar-refractivity contribution in [3.8, 4) is 22.7 Å². The van der Waals surface area contributed by atoms with Crippen LogP contribution < -0.4 is 5.32 Å². The maximum absolute atomic E-state index is 13.1. The third kappa shape index (κ3) is 3.19. The van der Waals surface area contributed by atoms with E-state index in [1.54, 1.807) is 31.4 Å². The van der Waals surface area contributed by atoms with Gasteiger partial charge in [0.1, 0.15) is 5.69 Å². The Bertz CT molecular complexity index is 1310. The average molecular weight is 402 g/mol. The summed E-state index contributed by atoms with van der Waals surface area (Å²) in [4.78, 5) is 22.0. The van der Waals surface area contributed by atoms with Gasteiger partial charge < -0.3 is 8.94 Å². The number of amides is 1. The van der Waals surface area contributed by atoms with Gasteiger partial charge in [-0.25, -0.2) is 9.97 Å². The Kier molecular flexibility index (Phi) is 4.18. The highest BCUT2D eigenvalue weighted by Crippen LogP contribution is 2.29. The smallest absolute Gasteiger partial charge is 0.259 e. The first kappa shape index (κ1) is 17.3. The molecule has 29 heavy (non-hydrogen) atoms. The maximum Gasteiger partial charge on any atom is 0.259 e. The van der Waals surface area contributed by atoms with Crippen LogP contribution in [0.3, 0.4) is 0 Å². The molecule has 5 rings (SSSR count). The lowest BCUT2D eigenvalue weighted by Crippen LogP contribution is -2.13. The highest BCUT2D eigenvalue weighted by atomic mass is 32.1. The number of thiazole rings is 1. The lowest BCUT2D eigenvalue weighted by molar-refractivity contribution is 0.102. The molecule has 0 aliphatic rings. The zero-order valence-corrected chi connectivity index (χ0v) is 16.1. The van der Waals surface area contributed by atoms with Crippen molar-refractivity contribution < 1.29 is 13.7 Å². The number of benzene rings is 1. The minimum atomic E-state index is -0.314. The summed E-state index contributed by atoms with van der Waals surface area (Å²) >= 11 is 1.36. The summed E-state index contributed by atoms with van der Waals surface area (Å²) in [5, 5.41) is 9.80. The van der Waals surface area contributed by atoms with Crippen molar-refractivity contribution in [3.63, 3.8) is 0 Å². The summed E-state index contributed by atoms with van der Waals surface area (Å²) in [5.74, 6) is 0.223. The normalized spacial score (nSPS) is 11.1. The maximum atomic E-state index is 13.1. The minimum Gasteiger partial charge on any atom is -0.463 e. The highest BCUT2D eigenvalue weighted by Gasteiger charge is 2.21. The Balaban J connectivity index is 1.51. The lowest BCUT2D eigenvalue weighted by Gasteiger charge is -2.05. The van der Waals surface area contributed by atoms with E-state index < -0.39 is 0 Å². The molecule has 0 radical (unpaired) electrons. The Hall–Kier alpha value is -3.78.